The lowest BCUT2D eigenvalue weighted by Gasteiger charge is -2.13. The first-order valence-electron chi connectivity index (χ1n) is 10.1. The summed E-state index contributed by atoms with van der Waals surface area (Å²) in [6.07, 6.45) is 2.54. The van der Waals surface area contributed by atoms with Crippen molar-refractivity contribution in [3.05, 3.63) is 106 Å². The maximum Gasteiger partial charge on any atom is 0.275 e. The van der Waals surface area contributed by atoms with E-state index in [0.717, 1.165) is 10.9 Å². The van der Waals surface area contributed by atoms with Crippen molar-refractivity contribution in [2.24, 2.45) is 0 Å². The summed E-state index contributed by atoms with van der Waals surface area (Å²) in [5.74, 6) is -0.795. The molecular weight excluding hydrogens is 479 g/mol. The molecule has 0 atom stereocenters. The molecule has 0 aliphatic carbocycles. The molecule has 9 heteroatoms. The van der Waals surface area contributed by atoms with Gasteiger partial charge in [-0.3, -0.25) is 9.59 Å². The largest absolute Gasteiger partial charge is 0.292 e. The third-order valence-corrected chi connectivity index (χ3v) is 6.61. The van der Waals surface area contributed by atoms with Crippen LogP contribution in [-0.2, 0) is 16.4 Å². The summed E-state index contributed by atoms with van der Waals surface area (Å²) in [6, 6.07) is 17.7. The molecule has 0 aliphatic rings. The van der Waals surface area contributed by atoms with E-state index in [4.69, 9.17) is 11.6 Å². The third kappa shape index (κ3) is 4.98. The Kier molecular flexibility index (Phi) is 6.45. The van der Waals surface area contributed by atoms with Crippen molar-refractivity contribution in [2.75, 3.05) is 6.26 Å². The number of ketones is 1. The number of halogens is 2. The van der Waals surface area contributed by atoms with E-state index in [1.165, 1.54) is 42.6 Å². The number of Topliss-reactive ketones (excluding diaryl/α,β-unsaturated/α-hetero) is 1. The zero-order chi connectivity index (χ0) is 24.5. The summed E-state index contributed by atoms with van der Waals surface area (Å²) < 4.78 is 38.2. The maximum atomic E-state index is 13.5. The fourth-order valence-corrected chi connectivity index (χ4v) is 4.22. The van der Waals surface area contributed by atoms with Gasteiger partial charge in [-0.1, -0.05) is 35.9 Å². The lowest BCUT2D eigenvalue weighted by molar-refractivity contribution is 0.0965. The van der Waals surface area contributed by atoms with Gasteiger partial charge in [0.15, 0.2) is 15.6 Å². The third-order valence-electron chi connectivity index (χ3n) is 5.23. The van der Waals surface area contributed by atoms with Crippen molar-refractivity contribution in [3.63, 3.8) is 0 Å². The number of sulfone groups is 1. The summed E-state index contributed by atoms with van der Waals surface area (Å²) in [7, 11) is -3.40. The Labute approximate surface area is 200 Å². The van der Waals surface area contributed by atoms with Crippen LogP contribution in [0.15, 0.2) is 88.7 Å². The Morgan fingerprint density at radius 2 is 1.53 bits per heavy atom. The summed E-state index contributed by atoms with van der Waals surface area (Å²) >= 11 is 5.87. The lowest BCUT2D eigenvalue weighted by Crippen LogP contribution is -2.28. The smallest absolute Gasteiger partial charge is 0.275 e. The molecule has 0 aliphatic heterocycles. The number of carbonyl (C=O) groups is 1. The van der Waals surface area contributed by atoms with Gasteiger partial charge in [-0.15, -0.1) is 0 Å². The van der Waals surface area contributed by atoms with Crippen LogP contribution in [0.2, 0.25) is 5.02 Å². The first kappa shape index (κ1) is 23.5. The number of benzene rings is 3. The van der Waals surface area contributed by atoms with E-state index in [1.54, 1.807) is 36.4 Å². The van der Waals surface area contributed by atoms with E-state index >= 15 is 0 Å². The van der Waals surface area contributed by atoms with Gasteiger partial charge >= 0.3 is 0 Å². The normalized spacial score (nSPS) is 11.4. The Bertz CT molecular complexity index is 1530. The van der Waals surface area contributed by atoms with Crippen LogP contribution in [0.3, 0.4) is 0 Å². The number of aromatic nitrogens is 2. The molecule has 172 valence electrons. The molecule has 0 N–H and O–H groups in total. The number of rotatable bonds is 6. The molecule has 0 amide bonds. The Hall–Kier alpha value is -3.62. The molecule has 4 aromatic rings. The minimum absolute atomic E-state index is 0.134. The second-order valence-electron chi connectivity index (χ2n) is 7.63. The molecule has 0 fully saturated rings. The molecule has 34 heavy (non-hydrogen) atoms. The molecule has 0 spiro atoms. The molecule has 3 aromatic carbocycles. The van der Waals surface area contributed by atoms with Gasteiger partial charge in [-0.25, -0.2) is 17.5 Å². The van der Waals surface area contributed by atoms with Crippen LogP contribution in [0.5, 0.6) is 0 Å². The lowest BCUT2D eigenvalue weighted by atomic mass is 9.97. The minimum atomic E-state index is -3.40. The Morgan fingerprint density at radius 3 is 2.12 bits per heavy atom. The van der Waals surface area contributed by atoms with Crippen molar-refractivity contribution in [2.45, 2.75) is 11.4 Å². The highest BCUT2D eigenvalue weighted by Crippen LogP contribution is 2.29. The average Bonchev–Trinajstić information content (AvgIpc) is 2.81. The van der Waals surface area contributed by atoms with E-state index in [0.29, 0.717) is 27.3 Å². The zero-order valence-corrected chi connectivity index (χ0v) is 19.5. The minimum Gasteiger partial charge on any atom is -0.292 e. The molecule has 0 saturated carbocycles. The van der Waals surface area contributed by atoms with Crippen molar-refractivity contribution in [1.29, 1.82) is 0 Å². The Morgan fingerprint density at radius 1 is 0.941 bits per heavy atom. The number of hydrogen-bond donors (Lipinski definition) is 0. The van der Waals surface area contributed by atoms with E-state index in [1.807, 2.05) is 0 Å². The summed E-state index contributed by atoms with van der Waals surface area (Å²) in [4.78, 5) is 26.3. The second kappa shape index (κ2) is 9.32. The topological polar surface area (TPSA) is 86.1 Å². The molecule has 0 bridgehead atoms. The summed E-state index contributed by atoms with van der Waals surface area (Å²) in [5.41, 5.74) is 1.45. The van der Waals surface area contributed by atoms with Gasteiger partial charge < -0.3 is 0 Å². The van der Waals surface area contributed by atoms with Gasteiger partial charge in [0, 0.05) is 22.4 Å². The Balaban J connectivity index is 1.82. The standard InChI is InChI=1S/C25H18ClFN2O4S/c1-34(32,33)21-12-6-16(7-13-21)22-14-28-29(15-23(30)17-2-8-19(26)9-3-17)25(31)24(22)18-4-10-20(27)11-5-18/h2-14H,15H2,1H3. The van der Waals surface area contributed by atoms with Crippen LogP contribution in [-0.4, -0.2) is 30.2 Å². The molecule has 4 rings (SSSR count). The van der Waals surface area contributed by atoms with E-state index in [-0.39, 0.29) is 22.8 Å². The monoisotopic (exact) mass is 496 g/mol. The summed E-state index contributed by atoms with van der Waals surface area (Å²) in [5, 5.41) is 4.66. The molecule has 1 aromatic heterocycles. The molecular formula is C25H18ClFN2O4S. The van der Waals surface area contributed by atoms with Gasteiger partial charge in [-0.05, 0) is 59.7 Å². The van der Waals surface area contributed by atoms with Crippen LogP contribution in [0.1, 0.15) is 10.4 Å². The van der Waals surface area contributed by atoms with Gasteiger partial charge in [0.2, 0.25) is 0 Å². The fraction of sp³-hybridized carbons (Fsp3) is 0.0800. The van der Waals surface area contributed by atoms with Gasteiger partial charge in [0.05, 0.1) is 16.7 Å². The predicted molar refractivity (Wildman–Crippen MR) is 128 cm³/mol. The van der Waals surface area contributed by atoms with E-state index in [9.17, 15) is 22.4 Å². The SMILES string of the molecule is CS(=O)(=O)c1ccc(-c2cnn(CC(=O)c3ccc(Cl)cc3)c(=O)c2-c2ccc(F)cc2)cc1. The van der Waals surface area contributed by atoms with Crippen LogP contribution in [0.25, 0.3) is 22.3 Å². The number of carbonyl (C=O) groups excluding carboxylic acids is 1. The quantitative estimate of drug-likeness (QED) is 0.362. The summed E-state index contributed by atoms with van der Waals surface area (Å²) in [6.45, 7) is -0.304. The first-order chi connectivity index (χ1) is 16.1. The highest BCUT2D eigenvalue weighted by atomic mass is 35.5. The van der Waals surface area contributed by atoms with Crippen LogP contribution in [0, 0.1) is 5.82 Å². The molecule has 1 heterocycles. The second-order valence-corrected chi connectivity index (χ2v) is 10.1. The van der Waals surface area contributed by atoms with E-state index < -0.39 is 21.2 Å². The average molecular weight is 497 g/mol. The molecule has 0 saturated heterocycles. The van der Waals surface area contributed by atoms with Gasteiger partial charge in [0.25, 0.3) is 5.56 Å². The predicted octanol–water partition coefficient (Wildman–Crippen LogP) is 4.66. The van der Waals surface area contributed by atoms with Crippen LogP contribution >= 0.6 is 11.6 Å². The van der Waals surface area contributed by atoms with Crippen molar-refractivity contribution in [1.82, 2.24) is 9.78 Å². The molecule has 0 radical (unpaired) electrons. The van der Waals surface area contributed by atoms with Gasteiger partial charge in [0.1, 0.15) is 12.4 Å². The van der Waals surface area contributed by atoms with Crippen LogP contribution in [0.4, 0.5) is 4.39 Å². The first-order valence-corrected chi connectivity index (χ1v) is 12.4. The van der Waals surface area contributed by atoms with Crippen molar-refractivity contribution < 1.29 is 17.6 Å². The number of nitrogens with zero attached hydrogens (tertiary/aromatic N) is 2. The van der Waals surface area contributed by atoms with E-state index in [2.05, 4.69) is 5.10 Å². The van der Waals surface area contributed by atoms with Crippen LogP contribution < -0.4 is 5.56 Å². The van der Waals surface area contributed by atoms with Crippen molar-refractivity contribution in [3.8, 4) is 22.3 Å². The zero-order valence-electron chi connectivity index (χ0n) is 17.9. The molecule has 6 nitrogen and oxygen atoms in total. The van der Waals surface area contributed by atoms with Gasteiger partial charge in [-0.2, -0.15) is 5.10 Å². The highest BCUT2D eigenvalue weighted by molar-refractivity contribution is 7.90. The number of hydrogen-bond acceptors (Lipinski definition) is 5. The highest BCUT2D eigenvalue weighted by Gasteiger charge is 2.18. The maximum absolute atomic E-state index is 13.5. The van der Waals surface area contributed by atoms with Crippen molar-refractivity contribution >= 4 is 27.2 Å². The fourth-order valence-electron chi connectivity index (χ4n) is 3.46. The molecule has 0 unspecified atom stereocenters.